The third-order valence-corrected chi connectivity index (χ3v) is 3.63. The van der Waals surface area contributed by atoms with Crippen molar-refractivity contribution in [2.45, 2.75) is 25.8 Å². The second-order valence-corrected chi connectivity index (χ2v) is 5.10. The fourth-order valence-electron chi connectivity index (χ4n) is 2.07. The van der Waals surface area contributed by atoms with E-state index in [-0.39, 0.29) is 5.91 Å². The maximum absolute atomic E-state index is 12.1. The van der Waals surface area contributed by atoms with Crippen molar-refractivity contribution in [2.24, 2.45) is 5.10 Å². The summed E-state index contributed by atoms with van der Waals surface area (Å²) in [6, 6.07) is 7.01. The number of urea groups is 1. The SMILES string of the molecule is CCC1(C)NC(=O)N(N=CC=Cc2ccccc2OC)C1=O. The summed E-state index contributed by atoms with van der Waals surface area (Å²) >= 11 is 0. The summed E-state index contributed by atoms with van der Waals surface area (Å²) < 4.78 is 5.23. The predicted octanol–water partition coefficient (Wildman–Crippen LogP) is 2.41. The third kappa shape index (κ3) is 3.00. The smallest absolute Gasteiger partial charge is 0.346 e. The van der Waals surface area contributed by atoms with E-state index < -0.39 is 11.6 Å². The average Bonchev–Trinajstić information content (AvgIpc) is 2.75. The number of nitrogens with one attached hydrogen (secondary N) is 1. The molecule has 0 saturated carbocycles. The zero-order valence-corrected chi connectivity index (χ0v) is 12.9. The van der Waals surface area contributed by atoms with Gasteiger partial charge in [0.05, 0.1) is 7.11 Å². The first kappa shape index (κ1) is 15.8. The molecular formula is C16H19N3O3. The Labute approximate surface area is 129 Å². The van der Waals surface area contributed by atoms with E-state index in [1.54, 1.807) is 26.2 Å². The molecule has 1 atom stereocenters. The van der Waals surface area contributed by atoms with Crippen molar-refractivity contribution in [2.75, 3.05) is 7.11 Å². The van der Waals surface area contributed by atoms with Crippen molar-refractivity contribution in [3.8, 4) is 5.75 Å². The molecule has 1 saturated heterocycles. The molecule has 6 heteroatoms. The molecule has 6 nitrogen and oxygen atoms in total. The minimum absolute atomic E-state index is 0.345. The fraction of sp³-hybridized carbons (Fsp3) is 0.312. The van der Waals surface area contributed by atoms with Crippen LogP contribution in [0.15, 0.2) is 35.4 Å². The van der Waals surface area contributed by atoms with Crippen LogP contribution < -0.4 is 10.1 Å². The maximum atomic E-state index is 12.1. The Morgan fingerprint density at radius 1 is 1.36 bits per heavy atom. The molecule has 0 bridgehead atoms. The second kappa shape index (κ2) is 6.43. The molecule has 1 unspecified atom stereocenters. The van der Waals surface area contributed by atoms with E-state index in [1.165, 1.54) is 6.21 Å². The van der Waals surface area contributed by atoms with Crippen molar-refractivity contribution in [3.05, 3.63) is 35.9 Å². The summed E-state index contributed by atoms with van der Waals surface area (Å²) in [5, 5.41) is 7.41. The average molecular weight is 301 g/mol. The highest BCUT2D eigenvalue weighted by Gasteiger charge is 2.46. The molecule has 116 valence electrons. The first-order chi connectivity index (χ1) is 10.5. The van der Waals surface area contributed by atoms with E-state index in [1.807, 2.05) is 31.2 Å². The van der Waals surface area contributed by atoms with Crippen molar-refractivity contribution in [1.82, 2.24) is 10.3 Å². The Morgan fingerprint density at radius 3 is 2.73 bits per heavy atom. The van der Waals surface area contributed by atoms with Crippen LogP contribution in [0.1, 0.15) is 25.8 Å². The Balaban J connectivity index is 2.08. The monoisotopic (exact) mass is 301 g/mol. The van der Waals surface area contributed by atoms with Gasteiger partial charge in [0, 0.05) is 11.8 Å². The van der Waals surface area contributed by atoms with E-state index in [0.29, 0.717) is 6.42 Å². The number of hydrogen-bond donors (Lipinski definition) is 1. The van der Waals surface area contributed by atoms with Gasteiger partial charge in [0.2, 0.25) is 0 Å². The Kier molecular flexibility index (Phi) is 4.60. The molecule has 0 spiro atoms. The van der Waals surface area contributed by atoms with Gasteiger partial charge in [0.25, 0.3) is 5.91 Å². The Morgan fingerprint density at radius 2 is 2.09 bits per heavy atom. The van der Waals surface area contributed by atoms with E-state index in [4.69, 9.17) is 4.74 Å². The minimum atomic E-state index is -0.874. The number of para-hydroxylation sites is 1. The lowest BCUT2D eigenvalue weighted by Gasteiger charge is -2.17. The van der Waals surface area contributed by atoms with Gasteiger partial charge in [0.15, 0.2) is 0 Å². The number of rotatable bonds is 5. The number of amides is 3. The summed E-state index contributed by atoms with van der Waals surface area (Å²) in [6.45, 7) is 3.53. The Bertz CT molecular complexity index is 639. The molecule has 2 rings (SSSR count). The van der Waals surface area contributed by atoms with E-state index in [9.17, 15) is 9.59 Å². The number of ether oxygens (including phenoxy) is 1. The standard InChI is InChI=1S/C16H19N3O3/c1-4-16(2)14(20)19(15(21)18-16)17-11-7-9-12-8-5-6-10-13(12)22-3/h5-11H,4H2,1-3H3,(H,18,21). The second-order valence-electron chi connectivity index (χ2n) is 5.10. The van der Waals surface area contributed by atoms with Crippen molar-refractivity contribution in [1.29, 1.82) is 0 Å². The number of allylic oxidation sites excluding steroid dienone is 1. The molecule has 0 radical (unpaired) electrons. The number of hydrazone groups is 1. The van der Waals surface area contributed by atoms with Gasteiger partial charge in [-0.05, 0) is 31.6 Å². The van der Waals surface area contributed by atoms with Gasteiger partial charge >= 0.3 is 6.03 Å². The summed E-state index contributed by atoms with van der Waals surface area (Å²) in [5.41, 5.74) is 0.00731. The number of methoxy groups -OCH3 is 1. The maximum Gasteiger partial charge on any atom is 0.346 e. The molecule has 1 fully saturated rings. The van der Waals surface area contributed by atoms with Gasteiger partial charge < -0.3 is 10.1 Å². The lowest BCUT2D eigenvalue weighted by molar-refractivity contribution is -0.130. The summed E-state index contributed by atoms with van der Waals surface area (Å²) in [6.07, 6.45) is 5.37. The van der Waals surface area contributed by atoms with Gasteiger partial charge in [-0.1, -0.05) is 25.1 Å². The fourth-order valence-corrected chi connectivity index (χ4v) is 2.07. The molecule has 1 heterocycles. The highest BCUT2D eigenvalue weighted by atomic mass is 16.5. The first-order valence-electron chi connectivity index (χ1n) is 7.02. The lowest BCUT2D eigenvalue weighted by atomic mass is 10.00. The molecular weight excluding hydrogens is 282 g/mol. The summed E-state index contributed by atoms with van der Waals surface area (Å²) in [5.74, 6) is 0.391. The van der Waals surface area contributed by atoms with Gasteiger partial charge in [0.1, 0.15) is 11.3 Å². The van der Waals surface area contributed by atoms with Crippen LogP contribution in [0.25, 0.3) is 6.08 Å². The van der Waals surface area contributed by atoms with Gasteiger partial charge in [-0.3, -0.25) is 4.79 Å². The third-order valence-electron chi connectivity index (χ3n) is 3.63. The van der Waals surface area contributed by atoms with Crippen molar-refractivity contribution in [3.63, 3.8) is 0 Å². The topological polar surface area (TPSA) is 71.0 Å². The van der Waals surface area contributed by atoms with E-state index in [2.05, 4.69) is 10.4 Å². The number of benzene rings is 1. The van der Waals surface area contributed by atoms with Crippen LogP contribution in [0.4, 0.5) is 4.79 Å². The number of carbonyl (C=O) groups is 2. The normalized spacial score (nSPS) is 21.9. The number of nitrogens with zero attached hydrogens (tertiary/aromatic N) is 2. The summed E-state index contributed by atoms with van der Waals surface area (Å²) in [4.78, 5) is 23.9. The molecule has 1 N–H and O–H groups in total. The molecule has 22 heavy (non-hydrogen) atoms. The molecule has 1 aromatic rings. The molecule has 0 aromatic heterocycles. The van der Waals surface area contributed by atoms with Crippen LogP contribution >= 0.6 is 0 Å². The number of hydrogen-bond acceptors (Lipinski definition) is 4. The predicted molar refractivity (Wildman–Crippen MR) is 84.6 cm³/mol. The van der Waals surface area contributed by atoms with Gasteiger partial charge in [-0.15, -0.1) is 5.01 Å². The Hall–Kier alpha value is -2.63. The highest BCUT2D eigenvalue weighted by molar-refractivity contribution is 6.07. The molecule has 1 aromatic carbocycles. The van der Waals surface area contributed by atoms with Crippen LogP contribution in [0, 0.1) is 0 Å². The van der Waals surface area contributed by atoms with Crippen LogP contribution in [-0.4, -0.2) is 35.8 Å². The molecule has 1 aliphatic rings. The quantitative estimate of drug-likeness (QED) is 0.670. The number of carbonyl (C=O) groups excluding carboxylic acids is 2. The lowest BCUT2D eigenvalue weighted by Crippen LogP contribution is -2.42. The van der Waals surface area contributed by atoms with E-state index in [0.717, 1.165) is 16.3 Å². The molecule has 1 aliphatic heterocycles. The van der Waals surface area contributed by atoms with Crippen LogP contribution in [0.3, 0.4) is 0 Å². The van der Waals surface area contributed by atoms with Crippen molar-refractivity contribution < 1.29 is 14.3 Å². The molecule has 0 aliphatic carbocycles. The van der Waals surface area contributed by atoms with Crippen LogP contribution in [0.5, 0.6) is 5.75 Å². The van der Waals surface area contributed by atoms with Crippen LogP contribution in [0.2, 0.25) is 0 Å². The van der Waals surface area contributed by atoms with Crippen molar-refractivity contribution >= 4 is 24.2 Å². The largest absolute Gasteiger partial charge is 0.496 e. The van der Waals surface area contributed by atoms with Gasteiger partial charge in [-0.25, -0.2) is 4.79 Å². The van der Waals surface area contributed by atoms with Gasteiger partial charge in [-0.2, -0.15) is 5.10 Å². The zero-order chi connectivity index (χ0) is 16.2. The summed E-state index contributed by atoms with van der Waals surface area (Å²) in [7, 11) is 1.60. The minimum Gasteiger partial charge on any atom is -0.496 e. The first-order valence-corrected chi connectivity index (χ1v) is 7.02. The van der Waals surface area contributed by atoms with Crippen LogP contribution in [-0.2, 0) is 4.79 Å². The molecule has 3 amide bonds. The highest BCUT2D eigenvalue weighted by Crippen LogP contribution is 2.21. The van der Waals surface area contributed by atoms with E-state index >= 15 is 0 Å². The number of imide groups is 1. The zero-order valence-electron chi connectivity index (χ0n) is 12.9.